The van der Waals surface area contributed by atoms with Crippen LogP contribution >= 0.6 is 0 Å². The number of amides is 2. The number of anilines is 1. The number of aliphatic hydroxyl groups excluding tert-OH is 1. The van der Waals surface area contributed by atoms with Crippen molar-refractivity contribution in [2.45, 2.75) is 13.3 Å². The second-order valence-corrected chi connectivity index (χ2v) is 3.98. The molecule has 1 aromatic rings. The molecule has 0 aliphatic heterocycles. The van der Waals surface area contributed by atoms with Crippen LogP contribution in [0.4, 0.5) is 14.9 Å². The van der Waals surface area contributed by atoms with Crippen LogP contribution in [0.25, 0.3) is 0 Å². The van der Waals surface area contributed by atoms with Crippen molar-refractivity contribution in [3.63, 3.8) is 0 Å². The Labute approximate surface area is 111 Å². The number of benzene rings is 1. The molecule has 1 aromatic carbocycles. The molecule has 0 bridgehead atoms. The third-order valence-electron chi connectivity index (χ3n) is 2.50. The maximum atomic E-state index is 13.2. The number of hydrogen-bond acceptors (Lipinski definition) is 3. The summed E-state index contributed by atoms with van der Waals surface area (Å²) in [5.41, 5.74) is 0.859. The minimum atomic E-state index is -0.379. The van der Waals surface area contributed by atoms with Crippen LogP contribution in [0.1, 0.15) is 12.0 Å². The van der Waals surface area contributed by atoms with E-state index in [0.717, 1.165) is 0 Å². The van der Waals surface area contributed by atoms with E-state index in [4.69, 9.17) is 9.84 Å². The van der Waals surface area contributed by atoms with Crippen LogP contribution in [0.2, 0.25) is 0 Å². The molecule has 6 heteroatoms. The molecule has 0 saturated heterocycles. The van der Waals surface area contributed by atoms with Crippen LogP contribution in [0, 0.1) is 12.7 Å². The summed E-state index contributed by atoms with van der Waals surface area (Å²) in [4.78, 5) is 11.5. The minimum Gasteiger partial charge on any atom is -0.394 e. The molecule has 19 heavy (non-hydrogen) atoms. The van der Waals surface area contributed by atoms with E-state index in [9.17, 15) is 9.18 Å². The Kier molecular flexibility index (Phi) is 6.84. The number of aliphatic hydroxyl groups is 1. The third kappa shape index (κ3) is 5.67. The molecule has 0 atom stereocenters. The van der Waals surface area contributed by atoms with Crippen LogP contribution < -0.4 is 10.6 Å². The topological polar surface area (TPSA) is 70.6 Å². The summed E-state index contributed by atoms with van der Waals surface area (Å²) >= 11 is 0. The molecular formula is C13H19FN2O3. The summed E-state index contributed by atoms with van der Waals surface area (Å²) in [6.45, 7) is 2.82. The second kappa shape index (κ2) is 8.44. The third-order valence-corrected chi connectivity index (χ3v) is 2.50. The first-order chi connectivity index (χ1) is 9.15. The Morgan fingerprint density at radius 2 is 2.21 bits per heavy atom. The smallest absolute Gasteiger partial charge is 0.319 e. The zero-order valence-electron chi connectivity index (χ0n) is 10.9. The number of halogens is 1. The zero-order valence-corrected chi connectivity index (χ0v) is 10.9. The van der Waals surface area contributed by atoms with Crippen LogP contribution in [0.5, 0.6) is 0 Å². The first-order valence-electron chi connectivity index (χ1n) is 6.13. The highest BCUT2D eigenvalue weighted by molar-refractivity contribution is 5.90. The van der Waals surface area contributed by atoms with Crippen LogP contribution in [0.15, 0.2) is 18.2 Å². The van der Waals surface area contributed by atoms with E-state index in [-0.39, 0.29) is 18.5 Å². The Balaban J connectivity index is 2.26. The van der Waals surface area contributed by atoms with Gasteiger partial charge in [0, 0.05) is 24.4 Å². The summed E-state index contributed by atoms with van der Waals surface area (Å²) in [6, 6.07) is 4.15. The monoisotopic (exact) mass is 270 g/mol. The first-order valence-corrected chi connectivity index (χ1v) is 6.13. The van der Waals surface area contributed by atoms with E-state index in [1.54, 1.807) is 19.1 Å². The lowest BCUT2D eigenvalue weighted by molar-refractivity contribution is 0.0910. The predicted molar refractivity (Wildman–Crippen MR) is 70.7 cm³/mol. The molecule has 0 fully saturated rings. The van der Waals surface area contributed by atoms with Crippen molar-refractivity contribution >= 4 is 11.7 Å². The highest BCUT2D eigenvalue weighted by Gasteiger charge is 2.06. The van der Waals surface area contributed by atoms with Gasteiger partial charge < -0.3 is 20.5 Å². The molecule has 0 aliphatic rings. The summed E-state index contributed by atoms with van der Waals surface area (Å²) in [6.07, 6.45) is 0.648. The van der Waals surface area contributed by atoms with Crippen molar-refractivity contribution in [1.29, 1.82) is 0 Å². The Morgan fingerprint density at radius 3 is 2.95 bits per heavy atom. The van der Waals surface area contributed by atoms with Gasteiger partial charge in [-0.05, 0) is 25.5 Å². The van der Waals surface area contributed by atoms with Gasteiger partial charge in [-0.3, -0.25) is 0 Å². The first kappa shape index (κ1) is 15.4. The quantitative estimate of drug-likeness (QED) is 0.660. The fourth-order valence-electron chi connectivity index (χ4n) is 1.45. The number of carbonyl (C=O) groups excluding carboxylic acids is 1. The number of hydrogen-bond donors (Lipinski definition) is 3. The van der Waals surface area contributed by atoms with E-state index >= 15 is 0 Å². The maximum absolute atomic E-state index is 13.2. The molecule has 3 N–H and O–H groups in total. The van der Waals surface area contributed by atoms with Crippen LogP contribution in [-0.2, 0) is 4.74 Å². The van der Waals surface area contributed by atoms with E-state index < -0.39 is 0 Å². The maximum Gasteiger partial charge on any atom is 0.319 e. The van der Waals surface area contributed by atoms with Gasteiger partial charge in [-0.25, -0.2) is 9.18 Å². The second-order valence-electron chi connectivity index (χ2n) is 3.98. The molecule has 0 spiro atoms. The minimum absolute atomic E-state index is 0.00718. The lowest BCUT2D eigenvalue weighted by Crippen LogP contribution is -2.30. The average molecular weight is 270 g/mol. The van der Waals surface area contributed by atoms with Gasteiger partial charge in [0.25, 0.3) is 0 Å². The molecule has 0 unspecified atom stereocenters. The van der Waals surface area contributed by atoms with Gasteiger partial charge >= 0.3 is 6.03 Å². The highest BCUT2D eigenvalue weighted by atomic mass is 19.1. The van der Waals surface area contributed by atoms with E-state index in [0.29, 0.717) is 37.4 Å². The largest absolute Gasteiger partial charge is 0.394 e. The van der Waals surface area contributed by atoms with Crippen molar-refractivity contribution < 1.29 is 19.0 Å². The summed E-state index contributed by atoms with van der Waals surface area (Å²) in [7, 11) is 0. The number of rotatable bonds is 7. The fraction of sp³-hybridized carbons (Fsp3) is 0.462. The normalized spacial score (nSPS) is 10.3. The molecule has 5 nitrogen and oxygen atoms in total. The Bertz CT molecular complexity index is 413. The summed E-state index contributed by atoms with van der Waals surface area (Å²) in [5.74, 6) is -0.352. The number of carbonyl (C=O) groups is 1. The van der Waals surface area contributed by atoms with Gasteiger partial charge in [-0.1, -0.05) is 6.07 Å². The number of nitrogens with one attached hydrogen (secondary N) is 2. The van der Waals surface area contributed by atoms with Gasteiger partial charge in [0.05, 0.1) is 13.2 Å². The SMILES string of the molecule is Cc1c(F)cccc1NC(=O)NCCCOCCO. The van der Waals surface area contributed by atoms with Crippen molar-refractivity contribution in [3.8, 4) is 0 Å². The van der Waals surface area contributed by atoms with Crippen molar-refractivity contribution in [2.24, 2.45) is 0 Å². The zero-order chi connectivity index (χ0) is 14.1. The van der Waals surface area contributed by atoms with E-state index in [1.807, 2.05) is 0 Å². The average Bonchev–Trinajstić information content (AvgIpc) is 2.39. The van der Waals surface area contributed by atoms with Gasteiger partial charge in [0.2, 0.25) is 0 Å². The van der Waals surface area contributed by atoms with E-state index in [1.165, 1.54) is 6.07 Å². The lowest BCUT2D eigenvalue weighted by atomic mass is 10.2. The van der Waals surface area contributed by atoms with E-state index in [2.05, 4.69) is 10.6 Å². The van der Waals surface area contributed by atoms with Crippen molar-refractivity contribution in [2.75, 3.05) is 31.7 Å². The van der Waals surface area contributed by atoms with Crippen LogP contribution in [-0.4, -0.2) is 37.5 Å². The lowest BCUT2D eigenvalue weighted by Gasteiger charge is -2.10. The molecule has 0 radical (unpaired) electrons. The summed E-state index contributed by atoms with van der Waals surface area (Å²) in [5, 5.41) is 13.7. The molecule has 0 heterocycles. The Morgan fingerprint density at radius 1 is 1.42 bits per heavy atom. The van der Waals surface area contributed by atoms with Crippen molar-refractivity contribution in [3.05, 3.63) is 29.6 Å². The standard InChI is InChI=1S/C13H19FN2O3/c1-10-11(14)4-2-5-12(10)16-13(18)15-6-3-8-19-9-7-17/h2,4-5,17H,3,6-9H2,1H3,(H2,15,16,18). The molecule has 1 rings (SSSR count). The molecular weight excluding hydrogens is 251 g/mol. The van der Waals surface area contributed by atoms with Crippen LogP contribution in [0.3, 0.4) is 0 Å². The molecule has 2 amide bonds. The molecule has 0 saturated carbocycles. The molecule has 0 aliphatic carbocycles. The molecule has 106 valence electrons. The number of ether oxygens (including phenoxy) is 1. The van der Waals surface area contributed by atoms with Crippen molar-refractivity contribution in [1.82, 2.24) is 5.32 Å². The predicted octanol–water partition coefficient (Wildman–Crippen LogP) is 1.65. The number of urea groups is 1. The van der Waals surface area contributed by atoms with Gasteiger partial charge in [-0.2, -0.15) is 0 Å². The van der Waals surface area contributed by atoms with Gasteiger partial charge in [0.15, 0.2) is 0 Å². The fourth-order valence-corrected chi connectivity index (χ4v) is 1.45. The Hall–Kier alpha value is -1.66. The van der Waals surface area contributed by atoms with Gasteiger partial charge in [0.1, 0.15) is 5.82 Å². The van der Waals surface area contributed by atoms with Gasteiger partial charge in [-0.15, -0.1) is 0 Å². The highest BCUT2D eigenvalue weighted by Crippen LogP contribution is 2.16. The summed E-state index contributed by atoms with van der Waals surface area (Å²) < 4.78 is 18.3. The molecule has 0 aromatic heterocycles.